The number of carbonyl (C=O) groups excluding carboxylic acids is 1. The molecule has 4 heteroatoms. The molecule has 17 heavy (non-hydrogen) atoms. The molecule has 0 saturated heterocycles. The molecule has 1 N–H and O–H groups in total. The molecule has 1 aliphatic carbocycles. The molecule has 0 atom stereocenters. The van der Waals surface area contributed by atoms with Crippen molar-refractivity contribution >= 4 is 5.78 Å². The highest BCUT2D eigenvalue weighted by atomic mass is 16.3. The molecule has 0 spiro atoms. The van der Waals surface area contributed by atoms with Gasteiger partial charge in [0.1, 0.15) is 11.4 Å². The van der Waals surface area contributed by atoms with Crippen LogP contribution in [0.1, 0.15) is 22.5 Å². The quantitative estimate of drug-likeness (QED) is 0.811. The van der Waals surface area contributed by atoms with Crippen LogP contribution in [-0.4, -0.2) is 20.7 Å². The number of ketones is 1. The fourth-order valence-electron chi connectivity index (χ4n) is 2.36. The van der Waals surface area contributed by atoms with Crippen molar-refractivity contribution in [2.75, 3.05) is 0 Å². The van der Waals surface area contributed by atoms with E-state index >= 15 is 0 Å². The molecule has 1 aliphatic rings. The van der Waals surface area contributed by atoms with E-state index < -0.39 is 0 Å². The Kier molecular flexibility index (Phi) is 2.04. The molecule has 0 saturated carbocycles. The number of para-hydroxylation sites is 1. The molecular weight excluding hydrogens is 216 g/mol. The standard InChI is InChI=1S/C13H12N2O2/c1-15-9-6-7-11(17)12(9)13(14-15)8-4-2-3-5-10(8)16/h2-5,16H,6-7H2,1H3. The van der Waals surface area contributed by atoms with E-state index in [-0.39, 0.29) is 11.5 Å². The van der Waals surface area contributed by atoms with E-state index in [0.717, 1.165) is 12.1 Å². The number of Topliss-reactive ketones (excluding diaryl/α,β-unsaturated/α-hetero) is 1. The van der Waals surface area contributed by atoms with E-state index in [1.807, 2.05) is 13.1 Å². The number of hydrogen-bond acceptors (Lipinski definition) is 3. The van der Waals surface area contributed by atoms with Gasteiger partial charge in [-0.05, 0) is 18.6 Å². The first kappa shape index (κ1) is 10.1. The molecule has 86 valence electrons. The van der Waals surface area contributed by atoms with E-state index in [1.165, 1.54) is 0 Å². The lowest BCUT2D eigenvalue weighted by Gasteiger charge is -2.01. The van der Waals surface area contributed by atoms with Crippen LogP contribution in [0, 0.1) is 0 Å². The molecule has 2 aromatic rings. The van der Waals surface area contributed by atoms with Crippen LogP contribution in [0.5, 0.6) is 5.75 Å². The third kappa shape index (κ3) is 1.37. The fraction of sp³-hybridized carbons (Fsp3) is 0.231. The second-order valence-electron chi connectivity index (χ2n) is 4.23. The monoisotopic (exact) mass is 228 g/mol. The summed E-state index contributed by atoms with van der Waals surface area (Å²) in [5, 5.41) is 14.2. The van der Waals surface area contributed by atoms with Crippen LogP contribution < -0.4 is 0 Å². The molecule has 1 heterocycles. The van der Waals surface area contributed by atoms with Crippen molar-refractivity contribution in [1.82, 2.24) is 9.78 Å². The fourth-order valence-corrected chi connectivity index (χ4v) is 2.36. The SMILES string of the molecule is Cn1nc(-c2ccccc2O)c2c1CCC2=O. The highest BCUT2D eigenvalue weighted by molar-refractivity contribution is 6.05. The maximum atomic E-state index is 11.8. The minimum Gasteiger partial charge on any atom is -0.507 e. The van der Waals surface area contributed by atoms with Gasteiger partial charge in [0, 0.05) is 24.7 Å². The number of rotatable bonds is 1. The van der Waals surface area contributed by atoms with Crippen molar-refractivity contribution in [2.24, 2.45) is 7.05 Å². The van der Waals surface area contributed by atoms with E-state index in [0.29, 0.717) is 23.2 Å². The van der Waals surface area contributed by atoms with Crippen LogP contribution >= 0.6 is 0 Å². The summed E-state index contributed by atoms with van der Waals surface area (Å²) >= 11 is 0. The molecule has 0 bridgehead atoms. The first-order valence-electron chi connectivity index (χ1n) is 5.56. The topological polar surface area (TPSA) is 55.1 Å². The largest absolute Gasteiger partial charge is 0.507 e. The number of benzene rings is 1. The van der Waals surface area contributed by atoms with Crippen molar-refractivity contribution in [1.29, 1.82) is 0 Å². The van der Waals surface area contributed by atoms with Gasteiger partial charge in [-0.1, -0.05) is 12.1 Å². The lowest BCUT2D eigenvalue weighted by atomic mass is 10.1. The normalized spacial score (nSPS) is 14.1. The molecule has 1 aromatic heterocycles. The van der Waals surface area contributed by atoms with Gasteiger partial charge in [0.15, 0.2) is 5.78 Å². The Morgan fingerprint density at radius 3 is 2.82 bits per heavy atom. The maximum Gasteiger partial charge on any atom is 0.167 e. The van der Waals surface area contributed by atoms with E-state index in [1.54, 1.807) is 22.9 Å². The van der Waals surface area contributed by atoms with Crippen LogP contribution in [0.2, 0.25) is 0 Å². The van der Waals surface area contributed by atoms with Gasteiger partial charge in [0.2, 0.25) is 0 Å². The zero-order valence-corrected chi connectivity index (χ0v) is 9.47. The molecule has 0 unspecified atom stereocenters. The number of aryl methyl sites for hydroxylation is 1. The number of nitrogens with zero attached hydrogens (tertiary/aromatic N) is 2. The minimum absolute atomic E-state index is 0.117. The lowest BCUT2D eigenvalue weighted by Crippen LogP contribution is -1.96. The van der Waals surface area contributed by atoms with Gasteiger partial charge in [-0.2, -0.15) is 5.10 Å². The lowest BCUT2D eigenvalue weighted by molar-refractivity contribution is 0.0995. The Labute approximate surface area is 98.5 Å². The van der Waals surface area contributed by atoms with Gasteiger partial charge in [-0.15, -0.1) is 0 Å². The highest BCUT2D eigenvalue weighted by Crippen LogP contribution is 2.35. The Bertz CT molecular complexity index is 614. The summed E-state index contributed by atoms with van der Waals surface area (Å²) in [6.07, 6.45) is 1.28. The van der Waals surface area contributed by atoms with E-state index in [9.17, 15) is 9.90 Å². The molecule has 3 rings (SSSR count). The number of aromatic hydroxyl groups is 1. The number of hydrogen-bond donors (Lipinski definition) is 1. The summed E-state index contributed by atoms with van der Waals surface area (Å²) in [5.74, 6) is 0.277. The number of carbonyl (C=O) groups is 1. The molecule has 0 aliphatic heterocycles. The summed E-state index contributed by atoms with van der Waals surface area (Å²) in [7, 11) is 1.83. The number of fused-ring (bicyclic) bond motifs is 1. The van der Waals surface area contributed by atoms with Crippen molar-refractivity contribution in [3.8, 4) is 17.0 Å². The smallest absolute Gasteiger partial charge is 0.167 e. The second-order valence-corrected chi connectivity index (χ2v) is 4.23. The van der Waals surface area contributed by atoms with Crippen molar-refractivity contribution in [3.63, 3.8) is 0 Å². The van der Waals surface area contributed by atoms with Crippen LogP contribution in [-0.2, 0) is 13.5 Å². The highest BCUT2D eigenvalue weighted by Gasteiger charge is 2.29. The third-order valence-corrected chi connectivity index (χ3v) is 3.19. The Morgan fingerprint density at radius 2 is 2.06 bits per heavy atom. The molecule has 0 fully saturated rings. The average Bonchev–Trinajstić information content (AvgIpc) is 2.83. The van der Waals surface area contributed by atoms with E-state index in [4.69, 9.17) is 0 Å². The van der Waals surface area contributed by atoms with Crippen LogP contribution in [0.15, 0.2) is 24.3 Å². The second kappa shape index (κ2) is 3.45. The average molecular weight is 228 g/mol. The van der Waals surface area contributed by atoms with Gasteiger partial charge in [-0.25, -0.2) is 0 Å². The Morgan fingerprint density at radius 1 is 1.29 bits per heavy atom. The van der Waals surface area contributed by atoms with Crippen molar-refractivity contribution in [2.45, 2.75) is 12.8 Å². The minimum atomic E-state index is 0.117. The summed E-state index contributed by atoms with van der Waals surface area (Å²) in [5.41, 5.74) is 2.87. The van der Waals surface area contributed by atoms with Gasteiger partial charge in [-0.3, -0.25) is 9.48 Å². The number of aromatic nitrogens is 2. The Hall–Kier alpha value is -2.10. The molecular formula is C13H12N2O2. The third-order valence-electron chi connectivity index (χ3n) is 3.19. The van der Waals surface area contributed by atoms with Crippen LogP contribution in [0.3, 0.4) is 0 Å². The van der Waals surface area contributed by atoms with Crippen LogP contribution in [0.4, 0.5) is 0 Å². The zero-order valence-electron chi connectivity index (χ0n) is 9.47. The van der Waals surface area contributed by atoms with Gasteiger partial charge < -0.3 is 5.11 Å². The first-order chi connectivity index (χ1) is 8.18. The maximum absolute atomic E-state index is 11.8. The van der Waals surface area contributed by atoms with Crippen molar-refractivity contribution < 1.29 is 9.90 Å². The first-order valence-corrected chi connectivity index (χ1v) is 5.56. The van der Waals surface area contributed by atoms with Gasteiger partial charge >= 0.3 is 0 Å². The van der Waals surface area contributed by atoms with Gasteiger partial charge in [0.25, 0.3) is 0 Å². The Balaban J connectivity index is 2.27. The summed E-state index contributed by atoms with van der Waals surface area (Å²) in [6.45, 7) is 0. The number of phenolic OH excluding ortho intramolecular Hbond substituents is 1. The predicted octanol–water partition coefficient (Wildman–Crippen LogP) is 1.92. The van der Waals surface area contributed by atoms with Gasteiger partial charge in [0.05, 0.1) is 5.56 Å². The molecule has 0 amide bonds. The van der Waals surface area contributed by atoms with Crippen molar-refractivity contribution in [3.05, 3.63) is 35.5 Å². The summed E-state index contributed by atoms with van der Waals surface area (Å²) in [4.78, 5) is 11.8. The molecule has 0 radical (unpaired) electrons. The predicted molar refractivity (Wildman–Crippen MR) is 63.0 cm³/mol. The van der Waals surface area contributed by atoms with E-state index in [2.05, 4.69) is 5.10 Å². The molecule has 4 nitrogen and oxygen atoms in total. The number of phenols is 1. The zero-order chi connectivity index (χ0) is 12.0. The summed E-state index contributed by atoms with van der Waals surface area (Å²) in [6, 6.07) is 6.97. The van der Waals surface area contributed by atoms with Crippen LogP contribution in [0.25, 0.3) is 11.3 Å². The summed E-state index contributed by atoms with van der Waals surface area (Å²) < 4.78 is 1.74. The molecule has 1 aromatic carbocycles.